The third-order valence-corrected chi connectivity index (χ3v) is 3.97. The molecule has 0 bridgehead atoms. The van der Waals surface area contributed by atoms with Crippen molar-refractivity contribution >= 4 is 11.8 Å². The number of aromatic nitrogens is 1. The minimum atomic E-state index is -0.437. The van der Waals surface area contributed by atoms with Gasteiger partial charge < -0.3 is 10.3 Å². The molecule has 2 rings (SSSR count). The first-order chi connectivity index (χ1) is 8.55. The van der Waals surface area contributed by atoms with Gasteiger partial charge in [0.2, 0.25) is 11.8 Å². The third-order valence-electron chi connectivity index (χ3n) is 3.97. The number of amides is 1. The maximum Gasteiger partial charge on any atom is 0.234 e. The lowest BCUT2D eigenvalue weighted by Gasteiger charge is -2.36. The van der Waals surface area contributed by atoms with Crippen LogP contribution in [0.4, 0.5) is 5.88 Å². The molecule has 0 atom stereocenters. The Labute approximate surface area is 107 Å². The Balaban J connectivity index is 2.06. The van der Waals surface area contributed by atoms with E-state index in [1.165, 1.54) is 0 Å². The van der Waals surface area contributed by atoms with Gasteiger partial charge in [-0.05, 0) is 38.5 Å². The number of nitrogens with two attached hydrogens (primary N) is 1. The molecule has 1 aliphatic carbocycles. The highest BCUT2D eigenvalue weighted by molar-refractivity contribution is 5.94. The van der Waals surface area contributed by atoms with Crippen molar-refractivity contribution in [2.75, 3.05) is 11.9 Å². The van der Waals surface area contributed by atoms with Gasteiger partial charge in [-0.3, -0.25) is 10.1 Å². The van der Waals surface area contributed by atoms with Crippen LogP contribution in [-0.2, 0) is 4.79 Å². The van der Waals surface area contributed by atoms with E-state index in [-0.39, 0.29) is 5.91 Å². The van der Waals surface area contributed by atoms with Crippen LogP contribution >= 0.6 is 0 Å². The summed E-state index contributed by atoms with van der Waals surface area (Å²) >= 11 is 0. The number of carbonyl (C=O) groups is 1. The number of nitrogens with zero attached hydrogens (tertiary/aromatic N) is 1. The van der Waals surface area contributed by atoms with Gasteiger partial charge in [-0.2, -0.15) is 0 Å². The Kier molecular flexibility index (Phi) is 3.71. The van der Waals surface area contributed by atoms with Crippen molar-refractivity contribution in [3.8, 4) is 0 Å². The van der Waals surface area contributed by atoms with E-state index >= 15 is 0 Å². The molecule has 1 aromatic rings. The second kappa shape index (κ2) is 5.10. The molecule has 0 radical (unpaired) electrons. The Hall–Kier alpha value is -1.36. The average Bonchev–Trinajstić information content (AvgIpc) is 2.76. The molecule has 0 aromatic carbocycles. The lowest BCUT2D eigenvalue weighted by atomic mass is 9.70. The molecule has 5 heteroatoms. The first-order valence-electron chi connectivity index (χ1n) is 6.50. The van der Waals surface area contributed by atoms with E-state index < -0.39 is 5.41 Å². The summed E-state index contributed by atoms with van der Waals surface area (Å²) in [5, 5.41) is 6.55. The Morgan fingerprint density at radius 3 is 2.78 bits per heavy atom. The van der Waals surface area contributed by atoms with Crippen molar-refractivity contribution < 1.29 is 9.32 Å². The molecule has 18 heavy (non-hydrogen) atoms. The smallest absolute Gasteiger partial charge is 0.234 e. The van der Waals surface area contributed by atoms with Crippen LogP contribution in [0.15, 0.2) is 10.6 Å². The molecule has 1 saturated carbocycles. The largest absolute Gasteiger partial charge is 0.338 e. The van der Waals surface area contributed by atoms with Gasteiger partial charge >= 0.3 is 0 Å². The summed E-state index contributed by atoms with van der Waals surface area (Å²) in [5.41, 5.74) is 6.15. The second-order valence-corrected chi connectivity index (χ2v) is 5.45. The number of nitrogens with one attached hydrogen (secondary N) is 1. The maximum atomic E-state index is 12.4. The number of anilines is 1. The molecule has 1 heterocycles. The molecule has 100 valence electrons. The summed E-state index contributed by atoms with van der Waals surface area (Å²) in [6.07, 6.45) is 3.81. The SMILES string of the molecule is Cc1cc(NC(=O)C2(CN)CCC(C)CC2)on1. The zero-order valence-corrected chi connectivity index (χ0v) is 11.0. The van der Waals surface area contributed by atoms with Crippen LogP contribution in [0, 0.1) is 18.3 Å². The topological polar surface area (TPSA) is 81.2 Å². The first kappa shape index (κ1) is 13.1. The first-order valence-corrected chi connectivity index (χ1v) is 6.50. The lowest BCUT2D eigenvalue weighted by molar-refractivity contribution is -0.127. The predicted molar refractivity (Wildman–Crippen MR) is 69.0 cm³/mol. The highest BCUT2D eigenvalue weighted by Gasteiger charge is 2.40. The van der Waals surface area contributed by atoms with Crippen LogP contribution in [0.25, 0.3) is 0 Å². The zero-order valence-electron chi connectivity index (χ0n) is 11.0. The van der Waals surface area contributed by atoms with Crippen molar-refractivity contribution in [1.82, 2.24) is 5.16 Å². The van der Waals surface area contributed by atoms with Crippen molar-refractivity contribution in [2.45, 2.75) is 39.5 Å². The molecular weight excluding hydrogens is 230 g/mol. The predicted octanol–water partition coefficient (Wildman–Crippen LogP) is 2.08. The van der Waals surface area contributed by atoms with Crippen LogP contribution in [0.3, 0.4) is 0 Å². The van der Waals surface area contributed by atoms with Crippen LogP contribution in [0.5, 0.6) is 0 Å². The number of aryl methyl sites for hydroxylation is 1. The van der Waals surface area contributed by atoms with Gasteiger partial charge in [0.05, 0.1) is 11.1 Å². The molecule has 1 aliphatic rings. The van der Waals surface area contributed by atoms with Gasteiger partial charge in [-0.15, -0.1) is 0 Å². The highest BCUT2D eigenvalue weighted by Crippen LogP contribution is 2.39. The second-order valence-electron chi connectivity index (χ2n) is 5.45. The fourth-order valence-electron chi connectivity index (χ4n) is 2.51. The lowest BCUT2D eigenvalue weighted by Crippen LogP contribution is -2.44. The highest BCUT2D eigenvalue weighted by atomic mass is 16.5. The van der Waals surface area contributed by atoms with E-state index in [0.29, 0.717) is 18.3 Å². The maximum absolute atomic E-state index is 12.4. The molecule has 0 aliphatic heterocycles. The van der Waals surface area contributed by atoms with E-state index in [2.05, 4.69) is 17.4 Å². The fraction of sp³-hybridized carbons (Fsp3) is 0.692. The van der Waals surface area contributed by atoms with Crippen molar-refractivity contribution in [3.63, 3.8) is 0 Å². The van der Waals surface area contributed by atoms with Crippen LogP contribution in [0.2, 0.25) is 0 Å². The fourth-order valence-corrected chi connectivity index (χ4v) is 2.51. The Bertz CT molecular complexity index is 420. The number of rotatable bonds is 3. The molecule has 1 fully saturated rings. The Morgan fingerprint density at radius 2 is 2.28 bits per heavy atom. The number of carbonyl (C=O) groups excluding carboxylic acids is 1. The van der Waals surface area contributed by atoms with Gasteiger partial charge in [-0.1, -0.05) is 12.1 Å². The van der Waals surface area contributed by atoms with Crippen molar-refractivity contribution in [2.24, 2.45) is 17.1 Å². The average molecular weight is 251 g/mol. The van der Waals surface area contributed by atoms with Gasteiger partial charge in [0.15, 0.2) is 0 Å². The zero-order chi connectivity index (χ0) is 13.2. The molecule has 1 aromatic heterocycles. The number of hydrogen-bond donors (Lipinski definition) is 2. The molecule has 0 saturated heterocycles. The van der Waals surface area contributed by atoms with Crippen LogP contribution < -0.4 is 11.1 Å². The van der Waals surface area contributed by atoms with E-state index in [9.17, 15) is 4.79 Å². The minimum absolute atomic E-state index is 0.0342. The summed E-state index contributed by atoms with van der Waals surface area (Å²) in [6.45, 7) is 4.43. The molecular formula is C13H21N3O2. The van der Waals surface area contributed by atoms with E-state index in [0.717, 1.165) is 31.4 Å². The molecule has 0 unspecified atom stereocenters. The minimum Gasteiger partial charge on any atom is -0.338 e. The van der Waals surface area contributed by atoms with Gasteiger partial charge in [-0.25, -0.2) is 0 Å². The van der Waals surface area contributed by atoms with E-state index in [1.807, 2.05) is 6.92 Å². The third kappa shape index (κ3) is 2.56. The summed E-state index contributed by atoms with van der Waals surface area (Å²) < 4.78 is 5.01. The normalized spacial score (nSPS) is 28.1. The summed E-state index contributed by atoms with van der Waals surface area (Å²) in [5.74, 6) is 1.06. The summed E-state index contributed by atoms with van der Waals surface area (Å²) in [6, 6.07) is 1.72. The summed E-state index contributed by atoms with van der Waals surface area (Å²) in [7, 11) is 0. The Morgan fingerprint density at radius 1 is 1.61 bits per heavy atom. The number of hydrogen-bond acceptors (Lipinski definition) is 4. The van der Waals surface area contributed by atoms with Gasteiger partial charge in [0.1, 0.15) is 0 Å². The monoisotopic (exact) mass is 251 g/mol. The van der Waals surface area contributed by atoms with Crippen LogP contribution in [-0.4, -0.2) is 17.6 Å². The van der Waals surface area contributed by atoms with Gasteiger partial charge in [0.25, 0.3) is 0 Å². The molecule has 5 nitrogen and oxygen atoms in total. The molecule has 3 N–H and O–H groups in total. The molecule has 0 spiro atoms. The summed E-state index contributed by atoms with van der Waals surface area (Å²) in [4.78, 5) is 12.4. The van der Waals surface area contributed by atoms with E-state index in [1.54, 1.807) is 6.07 Å². The standard InChI is InChI=1S/C13H21N3O2/c1-9-3-5-13(8-14,6-4-9)12(17)15-11-7-10(2)16-18-11/h7,9H,3-6,8,14H2,1-2H3,(H,15,17). The molecule has 1 amide bonds. The quantitative estimate of drug-likeness (QED) is 0.861. The van der Waals surface area contributed by atoms with Gasteiger partial charge in [0, 0.05) is 12.6 Å². The van der Waals surface area contributed by atoms with Crippen LogP contribution in [0.1, 0.15) is 38.3 Å². The van der Waals surface area contributed by atoms with Crippen molar-refractivity contribution in [1.29, 1.82) is 0 Å². The van der Waals surface area contributed by atoms with E-state index in [4.69, 9.17) is 10.3 Å². The van der Waals surface area contributed by atoms with Crippen molar-refractivity contribution in [3.05, 3.63) is 11.8 Å².